The Labute approximate surface area is 229 Å². The van der Waals surface area contributed by atoms with Gasteiger partial charge in [-0.25, -0.2) is 4.79 Å². The lowest BCUT2D eigenvalue weighted by molar-refractivity contribution is -0.123. The molecule has 3 aromatic rings. The molecule has 2 aromatic carbocycles. The van der Waals surface area contributed by atoms with Gasteiger partial charge in [-0.3, -0.25) is 4.79 Å². The lowest BCUT2D eigenvalue weighted by atomic mass is 10.0. The van der Waals surface area contributed by atoms with Crippen molar-refractivity contribution in [1.82, 2.24) is 15.2 Å². The van der Waals surface area contributed by atoms with Gasteiger partial charge in [0.15, 0.2) is 5.58 Å². The van der Waals surface area contributed by atoms with Crippen LogP contribution in [0.15, 0.2) is 59.0 Å². The summed E-state index contributed by atoms with van der Waals surface area (Å²) in [5.41, 5.74) is 1.94. The molecular formula is C30H38N4O5. The molecule has 2 fully saturated rings. The molecule has 2 saturated heterocycles. The Kier molecular flexibility index (Phi) is 8.07. The van der Waals surface area contributed by atoms with Crippen molar-refractivity contribution in [2.45, 2.75) is 76.8 Å². The molecule has 3 heterocycles. The summed E-state index contributed by atoms with van der Waals surface area (Å²) in [5, 5.41) is 3.21. The molecule has 0 aliphatic carbocycles. The summed E-state index contributed by atoms with van der Waals surface area (Å²) in [7, 11) is 0. The highest BCUT2D eigenvalue weighted by Gasteiger charge is 2.40. The number of piperidine rings is 1. The van der Waals surface area contributed by atoms with Crippen LogP contribution in [-0.4, -0.2) is 65.3 Å². The number of nitrogens with zero attached hydrogens (tertiary/aromatic N) is 3. The van der Waals surface area contributed by atoms with Crippen molar-refractivity contribution in [3.63, 3.8) is 0 Å². The van der Waals surface area contributed by atoms with Gasteiger partial charge in [-0.1, -0.05) is 42.5 Å². The van der Waals surface area contributed by atoms with Crippen LogP contribution in [0.1, 0.15) is 52.0 Å². The third-order valence-electron chi connectivity index (χ3n) is 7.14. The van der Waals surface area contributed by atoms with Crippen LogP contribution >= 0.6 is 0 Å². The van der Waals surface area contributed by atoms with Gasteiger partial charge >= 0.3 is 6.09 Å². The van der Waals surface area contributed by atoms with E-state index in [4.69, 9.17) is 13.9 Å². The first-order chi connectivity index (χ1) is 18.8. The van der Waals surface area contributed by atoms with E-state index in [0.29, 0.717) is 44.3 Å². The molecule has 0 bridgehead atoms. The highest BCUT2D eigenvalue weighted by molar-refractivity contribution is 5.86. The van der Waals surface area contributed by atoms with Crippen molar-refractivity contribution >= 4 is 29.1 Å². The van der Waals surface area contributed by atoms with E-state index in [0.717, 1.165) is 30.3 Å². The van der Waals surface area contributed by atoms with E-state index in [-0.39, 0.29) is 24.0 Å². The molecule has 2 amide bonds. The van der Waals surface area contributed by atoms with Crippen molar-refractivity contribution in [2.75, 3.05) is 24.6 Å². The first kappa shape index (κ1) is 27.0. The minimum Gasteiger partial charge on any atom is -0.444 e. The summed E-state index contributed by atoms with van der Waals surface area (Å²) in [6, 6.07) is 17.3. The van der Waals surface area contributed by atoms with Crippen molar-refractivity contribution in [2.24, 2.45) is 0 Å². The lowest BCUT2D eigenvalue weighted by Gasteiger charge is -2.34. The summed E-state index contributed by atoms with van der Waals surface area (Å²) < 4.78 is 17.7. The third kappa shape index (κ3) is 6.71. The van der Waals surface area contributed by atoms with E-state index in [1.54, 1.807) is 4.90 Å². The SMILES string of the molecule is CC(C)(C)OC(=O)N1C[C@H](NC(=O)[C@@H]2CCCCN2c2nc3ccccc3o2)C[C@H]1COCc1ccccc1. The van der Waals surface area contributed by atoms with Crippen molar-refractivity contribution < 1.29 is 23.5 Å². The van der Waals surface area contributed by atoms with E-state index in [9.17, 15) is 9.59 Å². The zero-order valence-corrected chi connectivity index (χ0v) is 23.0. The maximum Gasteiger partial charge on any atom is 0.410 e. The number of nitrogens with one attached hydrogen (secondary N) is 1. The molecule has 1 N–H and O–H groups in total. The quantitative estimate of drug-likeness (QED) is 0.461. The minimum atomic E-state index is -0.615. The summed E-state index contributed by atoms with van der Waals surface area (Å²) in [5.74, 6) is -0.0723. The molecule has 0 radical (unpaired) electrons. The Balaban J connectivity index is 1.25. The molecule has 3 atom stereocenters. The fraction of sp³-hybridized carbons (Fsp3) is 0.500. The van der Waals surface area contributed by atoms with Crippen molar-refractivity contribution in [1.29, 1.82) is 0 Å². The molecule has 39 heavy (non-hydrogen) atoms. The predicted octanol–water partition coefficient (Wildman–Crippen LogP) is 4.90. The number of ether oxygens (including phenoxy) is 2. The first-order valence-corrected chi connectivity index (χ1v) is 13.8. The number of rotatable bonds is 7. The average molecular weight is 535 g/mol. The minimum absolute atomic E-state index is 0.0723. The van der Waals surface area contributed by atoms with Crippen LogP contribution in [-0.2, 0) is 20.9 Å². The number of para-hydroxylation sites is 2. The number of hydrogen-bond donors (Lipinski definition) is 1. The lowest BCUT2D eigenvalue weighted by Crippen LogP contribution is -2.52. The number of amides is 2. The molecule has 2 aliphatic rings. The van der Waals surface area contributed by atoms with Gasteiger partial charge in [0.1, 0.15) is 17.2 Å². The number of likely N-dealkylation sites (tertiary alicyclic amines) is 1. The van der Waals surface area contributed by atoms with E-state index in [1.807, 2.05) is 80.3 Å². The molecule has 5 rings (SSSR count). The standard InChI is InChI=1S/C30H38N4O5/c1-30(2,3)39-29(36)34-18-22(17-23(34)20-37-19-21-11-5-4-6-12-21)31-27(35)25-14-9-10-16-33(25)28-32-24-13-7-8-15-26(24)38-28/h4-8,11-13,15,22-23,25H,9-10,14,16-20H2,1-3H3,(H,31,35)/t22-,23+,25+/m1/s1. The topological polar surface area (TPSA) is 97.1 Å². The fourth-order valence-electron chi connectivity index (χ4n) is 5.32. The second-order valence-corrected chi connectivity index (χ2v) is 11.4. The van der Waals surface area contributed by atoms with Gasteiger partial charge in [0.2, 0.25) is 5.91 Å². The maximum atomic E-state index is 13.6. The van der Waals surface area contributed by atoms with Crippen molar-refractivity contribution in [3.8, 4) is 0 Å². The van der Waals surface area contributed by atoms with Gasteiger partial charge in [-0.15, -0.1) is 0 Å². The summed E-state index contributed by atoms with van der Waals surface area (Å²) >= 11 is 0. The molecule has 9 heteroatoms. The Hall–Kier alpha value is -3.59. The van der Waals surface area contributed by atoms with Gasteiger partial charge in [0, 0.05) is 19.1 Å². The molecular weight excluding hydrogens is 496 g/mol. The fourth-order valence-corrected chi connectivity index (χ4v) is 5.32. The number of anilines is 1. The first-order valence-electron chi connectivity index (χ1n) is 13.8. The largest absolute Gasteiger partial charge is 0.444 e. The van der Waals surface area contributed by atoms with Crippen LogP contribution in [0.2, 0.25) is 0 Å². The number of oxazole rings is 1. The monoisotopic (exact) mass is 534 g/mol. The highest BCUT2D eigenvalue weighted by atomic mass is 16.6. The van der Waals surface area contributed by atoms with Crippen LogP contribution in [0.25, 0.3) is 11.1 Å². The van der Waals surface area contributed by atoms with Gasteiger partial charge in [-0.2, -0.15) is 4.98 Å². The molecule has 0 saturated carbocycles. The predicted molar refractivity (Wildman–Crippen MR) is 148 cm³/mol. The van der Waals surface area contributed by atoms with Gasteiger partial charge in [0.25, 0.3) is 6.01 Å². The van der Waals surface area contributed by atoms with Crippen LogP contribution < -0.4 is 10.2 Å². The molecule has 0 spiro atoms. The third-order valence-corrected chi connectivity index (χ3v) is 7.14. The van der Waals surface area contributed by atoms with E-state index < -0.39 is 11.7 Å². The van der Waals surface area contributed by atoms with E-state index in [1.165, 1.54) is 0 Å². The second kappa shape index (κ2) is 11.7. The average Bonchev–Trinajstić information content (AvgIpc) is 3.52. The molecule has 1 aromatic heterocycles. The molecule has 208 valence electrons. The highest BCUT2D eigenvalue weighted by Crippen LogP contribution is 2.29. The zero-order chi connectivity index (χ0) is 27.4. The Morgan fingerprint density at radius 1 is 1.08 bits per heavy atom. The normalized spacial score (nSPS) is 21.8. The number of hydrogen-bond acceptors (Lipinski definition) is 7. The van der Waals surface area contributed by atoms with Gasteiger partial charge < -0.3 is 29.0 Å². The second-order valence-electron chi connectivity index (χ2n) is 11.4. The summed E-state index contributed by atoms with van der Waals surface area (Å²) in [6.07, 6.45) is 2.85. The Morgan fingerprint density at radius 2 is 1.85 bits per heavy atom. The smallest absolute Gasteiger partial charge is 0.410 e. The van der Waals surface area contributed by atoms with Crippen LogP contribution in [0.5, 0.6) is 0 Å². The Bertz CT molecular complexity index is 1240. The summed E-state index contributed by atoms with van der Waals surface area (Å²) in [4.78, 5) is 34.9. The summed E-state index contributed by atoms with van der Waals surface area (Å²) in [6.45, 7) is 7.45. The number of benzene rings is 2. The molecule has 9 nitrogen and oxygen atoms in total. The van der Waals surface area contributed by atoms with Crippen molar-refractivity contribution in [3.05, 3.63) is 60.2 Å². The van der Waals surface area contributed by atoms with Gasteiger partial charge in [0.05, 0.1) is 19.3 Å². The zero-order valence-electron chi connectivity index (χ0n) is 23.0. The van der Waals surface area contributed by atoms with Crippen LogP contribution in [0.3, 0.4) is 0 Å². The van der Waals surface area contributed by atoms with E-state index in [2.05, 4.69) is 10.3 Å². The molecule has 2 aliphatic heterocycles. The Morgan fingerprint density at radius 3 is 2.62 bits per heavy atom. The maximum absolute atomic E-state index is 13.6. The number of aromatic nitrogens is 1. The number of carbonyl (C=O) groups excluding carboxylic acids is 2. The van der Waals surface area contributed by atoms with E-state index >= 15 is 0 Å². The number of fused-ring (bicyclic) bond motifs is 1. The number of carbonyl (C=O) groups is 2. The van der Waals surface area contributed by atoms with Crippen LogP contribution in [0, 0.1) is 0 Å². The van der Waals surface area contributed by atoms with Crippen LogP contribution in [0.4, 0.5) is 10.8 Å². The molecule has 0 unspecified atom stereocenters. The van der Waals surface area contributed by atoms with Gasteiger partial charge in [-0.05, 0) is 64.2 Å².